The lowest BCUT2D eigenvalue weighted by atomic mass is 9.98. The van der Waals surface area contributed by atoms with Crippen LogP contribution in [0.15, 0.2) is 17.0 Å². The average molecular weight is 292 g/mol. The molecule has 0 saturated carbocycles. The number of rotatable bonds is 4. The highest BCUT2D eigenvalue weighted by atomic mass is 32.2. The Balaban J connectivity index is 1.52. The minimum atomic E-state index is 0.0369. The van der Waals surface area contributed by atoms with Crippen LogP contribution in [0, 0.1) is 5.92 Å². The molecule has 0 spiro atoms. The van der Waals surface area contributed by atoms with Crippen LogP contribution in [-0.4, -0.2) is 36.3 Å². The van der Waals surface area contributed by atoms with E-state index in [4.69, 9.17) is 0 Å². The molecule has 3 heterocycles. The molecule has 0 bridgehead atoms. The molecule has 0 unspecified atom stereocenters. The third-order valence-corrected chi connectivity index (χ3v) is 4.78. The zero-order chi connectivity index (χ0) is 13.8. The Labute approximate surface area is 123 Å². The number of aromatic nitrogens is 1. The van der Waals surface area contributed by atoms with Crippen molar-refractivity contribution < 1.29 is 4.79 Å². The minimum Gasteiger partial charge on any atom is -0.317 e. The fourth-order valence-corrected chi connectivity index (χ4v) is 3.35. The quantitative estimate of drug-likeness (QED) is 0.778. The van der Waals surface area contributed by atoms with Crippen LogP contribution in [0.25, 0.3) is 0 Å². The third-order valence-electron chi connectivity index (χ3n) is 3.73. The van der Waals surface area contributed by atoms with E-state index in [9.17, 15) is 4.79 Å². The monoisotopic (exact) mass is 292 g/mol. The molecule has 2 aliphatic heterocycles. The van der Waals surface area contributed by atoms with E-state index < -0.39 is 0 Å². The van der Waals surface area contributed by atoms with Gasteiger partial charge in [0.25, 0.3) is 0 Å². The summed E-state index contributed by atoms with van der Waals surface area (Å²) >= 11 is 1.55. The van der Waals surface area contributed by atoms with Crippen molar-refractivity contribution in [3.05, 3.63) is 17.8 Å². The zero-order valence-corrected chi connectivity index (χ0v) is 12.3. The van der Waals surface area contributed by atoms with Gasteiger partial charge in [0.05, 0.1) is 16.3 Å². The van der Waals surface area contributed by atoms with Crippen molar-refractivity contribution in [2.45, 2.75) is 24.3 Å². The van der Waals surface area contributed by atoms with Crippen LogP contribution in [0.2, 0.25) is 0 Å². The maximum absolute atomic E-state index is 11.4. The van der Waals surface area contributed by atoms with E-state index in [-0.39, 0.29) is 5.91 Å². The number of hydrogen-bond donors (Lipinski definition) is 3. The predicted molar refractivity (Wildman–Crippen MR) is 80.9 cm³/mol. The van der Waals surface area contributed by atoms with E-state index in [1.54, 1.807) is 11.8 Å². The number of piperidine rings is 1. The van der Waals surface area contributed by atoms with Gasteiger partial charge >= 0.3 is 0 Å². The molecule has 5 nitrogen and oxygen atoms in total. The summed E-state index contributed by atoms with van der Waals surface area (Å²) in [6, 6.07) is 4.09. The van der Waals surface area contributed by atoms with Gasteiger partial charge < -0.3 is 16.0 Å². The Kier molecular flexibility index (Phi) is 4.54. The number of carbonyl (C=O) groups is 1. The molecule has 1 aromatic heterocycles. The van der Waals surface area contributed by atoms with Gasteiger partial charge in [0.1, 0.15) is 5.82 Å². The molecule has 3 rings (SSSR count). The lowest BCUT2D eigenvalue weighted by molar-refractivity contribution is -0.113. The van der Waals surface area contributed by atoms with E-state index >= 15 is 0 Å². The number of hydrogen-bond acceptors (Lipinski definition) is 5. The molecule has 1 saturated heterocycles. The van der Waals surface area contributed by atoms with Crippen molar-refractivity contribution in [2.24, 2.45) is 5.92 Å². The molecule has 0 radical (unpaired) electrons. The van der Waals surface area contributed by atoms with Crippen molar-refractivity contribution >= 4 is 23.5 Å². The van der Waals surface area contributed by atoms with E-state index in [0.717, 1.165) is 42.7 Å². The molecule has 1 aromatic rings. The fourth-order valence-electron chi connectivity index (χ4n) is 2.59. The first-order chi connectivity index (χ1) is 9.81. The third kappa shape index (κ3) is 3.50. The van der Waals surface area contributed by atoms with Gasteiger partial charge in [-0.25, -0.2) is 4.98 Å². The topological polar surface area (TPSA) is 66.0 Å². The molecule has 3 N–H and O–H groups in total. The van der Waals surface area contributed by atoms with Crippen LogP contribution in [0.3, 0.4) is 0 Å². The van der Waals surface area contributed by atoms with Crippen LogP contribution in [0.1, 0.15) is 18.5 Å². The van der Waals surface area contributed by atoms with Crippen LogP contribution in [0.5, 0.6) is 0 Å². The van der Waals surface area contributed by atoms with E-state index in [1.807, 2.05) is 12.1 Å². The smallest absolute Gasteiger partial charge is 0.235 e. The van der Waals surface area contributed by atoms with Gasteiger partial charge in [-0.2, -0.15) is 0 Å². The van der Waals surface area contributed by atoms with E-state index in [2.05, 4.69) is 20.9 Å². The van der Waals surface area contributed by atoms with Crippen LogP contribution in [0.4, 0.5) is 5.82 Å². The Hall–Kier alpha value is -1.11. The van der Waals surface area contributed by atoms with Crippen molar-refractivity contribution in [3.8, 4) is 0 Å². The van der Waals surface area contributed by atoms with Gasteiger partial charge in [-0.3, -0.25) is 4.79 Å². The normalized spacial score (nSPS) is 19.5. The maximum atomic E-state index is 11.4. The largest absolute Gasteiger partial charge is 0.317 e. The molecule has 1 amide bonds. The van der Waals surface area contributed by atoms with Crippen LogP contribution >= 0.6 is 11.8 Å². The number of carbonyl (C=O) groups excluding carboxylic acids is 1. The summed E-state index contributed by atoms with van der Waals surface area (Å²) in [6.45, 7) is 4.07. The highest BCUT2D eigenvalue weighted by molar-refractivity contribution is 8.00. The van der Waals surface area contributed by atoms with Gasteiger partial charge in [0, 0.05) is 6.54 Å². The molecular formula is C14H20N4OS. The summed E-state index contributed by atoms with van der Waals surface area (Å²) < 4.78 is 0. The lowest BCUT2D eigenvalue weighted by Crippen LogP contribution is -2.33. The fraction of sp³-hybridized carbons (Fsp3) is 0.571. The highest BCUT2D eigenvalue weighted by Crippen LogP contribution is 2.29. The van der Waals surface area contributed by atoms with Crippen LogP contribution < -0.4 is 16.0 Å². The summed E-state index contributed by atoms with van der Waals surface area (Å²) in [4.78, 5) is 16.9. The van der Waals surface area contributed by atoms with Crippen molar-refractivity contribution in [2.75, 3.05) is 30.7 Å². The molecule has 0 atom stereocenters. The molecule has 2 aliphatic rings. The summed E-state index contributed by atoms with van der Waals surface area (Å²) in [5.41, 5.74) is 0.987. The highest BCUT2D eigenvalue weighted by Gasteiger charge is 2.17. The second-order valence-electron chi connectivity index (χ2n) is 5.31. The predicted octanol–water partition coefficient (Wildman–Crippen LogP) is 1.21. The Morgan fingerprint density at radius 1 is 1.35 bits per heavy atom. The molecule has 1 fully saturated rings. The first-order valence-electron chi connectivity index (χ1n) is 7.15. The SMILES string of the molecule is O=C1CSc2ccc(CNCC3CCNCC3)nc2N1. The summed E-state index contributed by atoms with van der Waals surface area (Å²) in [6.07, 6.45) is 2.49. The Bertz CT molecular complexity index is 488. The van der Waals surface area contributed by atoms with Gasteiger partial charge in [-0.1, -0.05) is 0 Å². The molecule has 6 heteroatoms. The zero-order valence-electron chi connectivity index (χ0n) is 11.4. The van der Waals surface area contributed by atoms with Gasteiger partial charge in [-0.15, -0.1) is 11.8 Å². The summed E-state index contributed by atoms with van der Waals surface area (Å²) in [5, 5.41) is 9.69. The number of amides is 1. The van der Waals surface area contributed by atoms with Crippen LogP contribution in [-0.2, 0) is 11.3 Å². The number of fused-ring (bicyclic) bond motifs is 1. The standard InChI is InChI=1S/C14H20N4OS/c19-13-9-20-12-2-1-11(17-14(12)18-13)8-16-7-10-3-5-15-6-4-10/h1-2,10,15-16H,3-9H2,(H,17,18,19). The molecule has 0 aromatic carbocycles. The summed E-state index contributed by atoms with van der Waals surface area (Å²) in [5.74, 6) is 2.01. The van der Waals surface area contributed by atoms with E-state index in [1.165, 1.54) is 12.8 Å². The second-order valence-corrected chi connectivity index (χ2v) is 6.33. The number of anilines is 1. The average Bonchev–Trinajstić information content (AvgIpc) is 2.48. The molecular weight excluding hydrogens is 272 g/mol. The number of nitrogens with one attached hydrogen (secondary N) is 3. The minimum absolute atomic E-state index is 0.0369. The molecule has 20 heavy (non-hydrogen) atoms. The Morgan fingerprint density at radius 3 is 3.05 bits per heavy atom. The first-order valence-corrected chi connectivity index (χ1v) is 8.14. The Morgan fingerprint density at radius 2 is 2.20 bits per heavy atom. The first kappa shape index (κ1) is 13.9. The van der Waals surface area contributed by atoms with Crippen molar-refractivity contribution in [1.29, 1.82) is 0 Å². The second kappa shape index (κ2) is 6.56. The lowest BCUT2D eigenvalue weighted by Gasteiger charge is -2.23. The van der Waals surface area contributed by atoms with Crippen molar-refractivity contribution in [3.63, 3.8) is 0 Å². The van der Waals surface area contributed by atoms with E-state index in [0.29, 0.717) is 11.6 Å². The number of nitrogens with zero attached hydrogens (tertiary/aromatic N) is 1. The van der Waals surface area contributed by atoms with Gasteiger partial charge in [-0.05, 0) is 50.5 Å². The molecule has 0 aliphatic carbocycles. The number of thioether (sulfide) groups is 1. The van der Waals surface area contributed by atoms with Gasteiger partial charge in [0.2, 0.25) is 5.91 Å². The summed E-state index contributed by atoms with van der Waals surface area (Å²) in [7, 11) is 0. The van der Waals surface area contributed by atoms with Crippen molar-refractivity contribution in [1.82, 2.24) is 15.6 Å². The van der Waals surface area contributed by atoms with Gasteiger partial charge in [0.15, 0.2) is 0 Å². The number of pyridine rings is 1. The maximum Gasteiger partial charge on any atom is 0.235 e. The molecule has 108 valence electrons.